The molecule has 3 amide bonds. The van der Waals surface area contributed by atoms with E-state index in [0.29, 0.717) is 18.7 Å². The molecular weight excluding hydrogens is 414 g/mol. The molecule has 2 saturated heterocycles. The summed E-state index contributed by atoms with van der Waals surface area (Å²) in [7, 11) is 1.92. The molecule has 1 N–H and O–H groups in total. The normalized spacial score (nSPS) is 19.4. The Kier molecular flexibility index (Phi) is 6.61. The van der Waals surface area contributed by atoms with E-state index < -0.39 is 0 Å². The van der Waals surface area contributed by atoms with Crippen LogP contribution in [0.15, 0.2) is 36.7 Å². The molecule has 4 rings (SSSR count). The minimum Gasteiger partial charge on any atom is -0.336 e. The Bertz CT molecular complexity index is 918. The van der Waals surface area contributed by atoms with Crippen molar-refractivity contribution in [1.82, 2.24) is 24.7 Å². The minimum atomic E-state index is -0.237. The Morgan fingerprint density at radius 3 is 2.86 bits per heavy atom. The zero-order chi connectivity index (χ0) is 19.7. The lowest BCUT2D eigenvalue weighted by atomic mass is 10.1. The third-order valence-electron chi connectivity index (χ3n) is 5.02. The number of hydrogen-bond donors (Lipinski definition) is 1. The van der Waals surface area contributed by atoms with Crippen LogP contribution in [-0.2, 0) is 18.4 Å². The van der Waals surface area contributed by atoms with E-state index in [2.05, 4.69) is 10.3 Å². The summed E-state index contributed by atoms with van der Waals surface area (Å²) in [4.78, 5) is 44.4. The van der Waals surface area contributed by atoms with Gasteiger partial charge in [0.25, 0.3) is 11.1 Å². The maximum absolute atomic E-state index is 13.2. The van der Waals surface area contributed by atoms with Crippen LogP contribution in [-0.4, -0.2) is 61.8 Å². The highest BCUT2D eigenvalue weighted by molar-refractivity contribution is 8.14. The number of aromatic nitrogens is 2. The molecular formula is C19H22ClN5O3S. The molecule has 2 aliphatic rings. The lowest BCUT2D eigenvalue weighted by Crippen LogP contribution is -2.49. The number of thioether (sulfide) groups is 1. The van der Waals surface area contributed by atoms with Crippen molar-refractivity contribution >= 4 is 41.2 Å². The molecule has 2 aromatic rings. The van der Waals surface area contributed by atoms with Gasteiger partial charge in [0.15, 0.2) is 0 Å². The van der Waals surface area contributed by atoms with E-state index in [1.54, 1.807) is 24.4 Å². The van der Waals surface area contributed by atoms with Crippen LogP contribution in [0.25, 0.3) is 0 Å². The Balaban J connectivity index is 0.00000240. The van der Waals surface area contributed by atoms with E-state index in [1.807, 2.05) is 28.8 Å². The maximum Gasteiger partial charge on any atom is 0.289 e. The number of halogens is 1. The second kappa shape index (κ2) is 8.98. The van der Waals surface area contributed by atoms with Gasteiger partial charge in [-0.2, -0.15) is 0 Å². The van der Waals surface area contributed by atoms with Crippen molar-refractivity contribution in [3.63, 3.8) is 0 Å². The molecule has 2 fully saturated rings. The van der Waals surface area contributed by atoms with Crippen LogP contribution in [0.1, 0.15) is 27.8 Å². The predicted octanol–water partition coefficient (Wildman–Crippen LogP) is 1.82. The average Bonchev–Trinajstić information content (AvgIpc) is 3.28. The van der Waals surface area contributed by atoms with Gasteiger partial charge in [0.05, 0.1) is 12.3 Å². The zero-order valence-electron chi connectivity index (χ0n) is 15.9. The van der Waals surface area contributed by atoms with Gasteiger partial charge in [-0.3, -0.25) is 19.3 Å². The van der Waals surface area contributed by atoms with Crippen LogP contribution >= 0.6 is 24.2 Å². The molecule has 1 atom stereocenters. The number of hydrogen-bond acceptors (Lipinski definition) is 6. The van der Waals surface area contributed by atoms with Crippen molar-refractivity contribution in [2.24, 2.45) is 7.05 Å². The Labute approximate surface area is 179 Å². The highest BCUT2D eigenvalue weighted by Crippen LogP contribution is 2.24. The van der Waals surface area contributed by atoms with E-state index >= 15 is 0 Å². The Morgan fingerprint density at radius 1 is 1.34 bits per heavy atom. The molecule has 29 heavy (non-hydrogen) atoms. The molecule has 2 aliphatic heterocycles. The number of amides is 3. The van der Waals surface area contributed by atoms with Gasteiger partial charge < -0.3 is 14.8 Å². The zero-order valence-corrected chi connectivity index (χ0v) is 17.5. The summed E-state index contributed by atoms with van der Waals surface area (Å²) in [6.45, 7) is 2.14. The van der Waals surface area contributed by atoms with Gasteiger partial charge in [0, 0.05) is 44.6 Å². The summed E-state index contributed by atoms with van der Waals surface area (Å²) >= 11 is 1.01. The standard InChI is InChI=1S/C19H21N5O3S.ClH/c1-22-7-6-21-17(22)15-10-20-5-8-23(15)18(26)14-4-2-3-13(9-14)11-24-16(25)12-28-19(24)27;/h2-4,6-7,9,15,20H,5,8,10-12H2,1H3;1H. The van der Waals surface area contributed by atoms with Crippen molar-refractivity contribution in [3.8, 4) is 0 Å². The fraction of sp³-hybridized carbons (Fsp3) is 0.368. The molecule has 3 heterocycles. The second-order valence-electron chi connectivity index (χ2n) is 6.85. The molecule has 0 saturated carbocycles. The summed E-state index contributed by atoms with van der Waals surface area (Å²) in [5.74, 6) is 0.749. The maximum atomic E-state index is 13.2. The van der Waals surface area contributed by atoms with E-state index in [1.165, 1.54) is 4.90 Å². The van der Waals surface area contributed by atoms with Crippen molar-refractivity contribution in [2.75, 3.05) is 25.4 Å². The molecule has 154 valence electrons. The highest BCUT2D eigenvalue weighted by Gasteiger charge is 2.32. The van der Waals surface area contributed by atoms with Crippen molar-refractivity contribution in [2.45, 2.75) is 12.6 Å². The smallest absolute Gasteiger partial charge is 0.289 e. The number of aryl methyl sites for hydroxylation is 1. The molecule has 1 aromatic heterocycles. The number of piperazine rings is 1. The molecule has 0 spiro atoms. The minimum absolute atomic E-state index is 0. The molecule has 1 aromatic carbocycles. The van der Waals surface area contributed by atoms with Gasteiger partial charge in [-0.25, -0.2) is 4.98 Å². The number of rotatable bonds is 4. The van der Waals surface area contributed by atoms with Crippen molar-refractivity contribution < 1.29 is 14.4 Å². The van der Waals surface area contributed by atoms with Crippen LogP contribution in [0, 0.1) is 0 Å². The number of benzene rings is 1. The number of carbonyl (C=O) groups excluding carboxylic acids is 3. The fourth-order valence-electron chi connectivity index (χ4n) is 3.56. The number of nitrogens with one attached hydrogen (secondary N) is 1. The van der Waals surface area contributed by atoms with Gasteiger partial charge in [-0.1, -0.05) is 23.9 Å². The summed E-state index contributed by atoms with van der Waals surface area (Å²) in [5.41, 5.74) is 1.31. The van der Waals surface area contributed by atoms with E-state index in [0.717, 1.165) is 29.7 Å². The number of imide groups is 1. The van der Waals surface area contributed by atoms with Gasteiger partial charge >= 0.3 is 0 Å². The highest BCUT2D eigenvalue weighted by atomic mass is 35.5. The summed E-state index contributed by atoms with van der Waals surface area (Å²) in [5, 5.41) is 3.09. The van der Waals surface area contributed by atoms with Gasteiger partial charge in [0.1, 0.15) is 11.9 Å². The van der Waals surface area contributed by atoms with E-state index in [-0.39, 0.29) is 47.8 Å². The lowest BCUT2D eigenvalue weighted by molar-refractivity contribution is -0.125. The number of imidazole rings is 1. The van der Waals surface area contributed by atoms with Crippen LogP contribution in [0.3, 0.4) is 0 Å². The van der Waals surface area contributed by atoms with Crippen molar-refractivity contribution in [3.05, 3.63) is 53.6 Å². The largest absolute Gasteiger partial charge is 0.336 e. The SMILES string of the molecule is Cl.Cn1ccnc1C1CNCCN1C(=O)c1cccc(CN2C(=O)CSC2=O)c1. The van der Waals surface area contributed by atoms with Crippen LogP contribution < -0.4 is 5.32 Å². The van der Waals surface area contributed by atoms with Gasteiger partial charge in [-0.15, -0.1) is 12.4 Å². The first-order chi connectivity index (χ1) is 13.5. The summed E-state index contributed by atoms with van der Waals surface area (Å²) in [6, 6.07) is 7.00. The fourth-order valence-corrected chi connectivity index (χ4v) is 4.29. The molecule has 1 unspecified atom stereocenters. The monoisotopic (exact) mass is 435 g/mol. The Hall–Kier alpha value is -2.36. The molecule has 0 aliphatic carbocycles. The lowest BCUT2D eigenvalue weighted by Gasteiger charge is -2.36. The first-order valence-electron chi connectivity index (χ1n) is 9.09. The predicted molar refractivity (Wildman–Crippen MR) is 112 cm³/mol. The summed E-state index contributed by atoms with van der Waals surface area (Å²) in [6.07, 6.45) is 3.60. The van der Waals surface area contributed by atoms with Gasteiger partial charge in [-0.05, 0) is 17.7 Å². The molecule has 0 bridgehead atoms. The van der Waals surface area contributed by atoms with Crippen molar-refractivity contribution in [1.29, 1.82) is 0 Å². The van der Waals surface area contributed by atoms with Crippen LogP contribution in [0.5, 0.6) is 0 Å². The Morgan fingerprint density at radius 2 is 2.17 bits per heavy atom. The third-order valence-corrected chi connectivity index (χ3v) is 5.87. The number of nitrogens with zero attached hydrogens (tertiary/aromatic N) is 4. The first kappa shape index (κ1) is 21.4. The summed E-state index contributed by atoms with van der Waals surface area (Å²) < 4.78 is 1.93. The second-order valence-corrected chi connectivity index (χ2v) is 7.78. The molecule has 8 nitrogen and oxygen atoms in total. The first-order valence-corrected chi connectivity index (χ1v) is 10.1. The number of carbonyl (C=O) groups is 3. The third kappa shape index (κ3) is 4.31. The average molecular weight is 436 g/mol. The topological polar surface area (TPSA) is 87.5 Å². The molecule has 0 radical (unpaired) electrons. The van der Waals surface area contributed by atoms with E-state index in [9.17, 15) is 14.4 Å². The van der Waals surface area contributed by atoms with Crippen LogP contribution in [0.4, 0.5) is 4.79 Å². The quantitative estimate of drug-likeness (QED) is 0.788. The molecule has 10 heteroatoms. The van der Waals surface area contributed by atoms with E-state index in [4.69, 9.17) is 0 Å². The van der Waals surface area contributed by atoms with Crippen LogP contribution in [0.2, 0.25) is 0 Å². The van der Waals surface area contributed by atoms with Gasteiger partial charge in [0.2, 0.25) is 5.91 Å².